The third-order valence-electron chi connectivity index (χ3n) is 4.50. The summed E-state index contributed by atoms with van der Waals surface area (Å²) in [4.78, 5) is 5.13. The molecule has 0 amide bonds. The number of benzene rings is 1. The average Bonchev–Trinajstić information content (AvgIpc) is 2.46. The van der Waals surface area contributed by atoms with Crippen LogP contribution in [0.1, 0.15) is 5.56 Å². The van der Waals surface area contributed by atoms with Crippen LogP contribution in [0.2, 0.25) is 0 Å². The largest absolute Gasteiger partial charge is 0.315 e. The molecule has 104 valence electrons. The molecule has 0 saturated carbocycles. The fourth-order valence-corrected chi connectivity index (χ4v) is 3.39. The number of likely N-dealkylation sites (N-methyl/N-ethyl adjacent to an activating group) is 1. The van der Waals surface area contributed by atoms with E-state index in [9.17, 15) is 4.39 Å². The molecule has 1 aromatic rings. The van der Waals surface area contributed by atoms with Gasteiger partial charge in [0.15, 0.2) is 0 Å². The van der Waals surface area contributed by atoms with Crippen molar-refractivity contribution in [2.24, 2.45) is 0 Å². The molecule has 0 spiro atoms. The van der Waals surface area contributed by atoms with Crippen LogP contribution in [0.25, 0.3) is 0 Å². The SMILES string of the molecule is CNC(Cc1cccc(F)c1)C1CN2CCN1CC2. The first kappa shape index (κ1) is 13.0. The lowest BCUT2D eigenvalue weighted by Crippen LogP contribution is -2.66. The zero-order chi connectivity index (χ0) is 13.2. The predicted molar refractivity (Wildman–Crippen MR) is 74.8 cm³/mol. The first-order chi connectivity index (χ1) is 9.26. The number of nitrogens with zero attached hydrogens (tertiary/aromatic N) is 2. The van der Waals surface area contributed by atoms with Gasteiger partial charge in [-0.1, -0.05) is 12.1 Å². The predicted octanol–water partition coefficient (Wildman–Crippen LogP) is 0.956. The summed E-state index contributed by atoms with van der Waals surface area (Å²) in [6, 6.07) is 7.93. The summed E-state index contributed by atoms with van der Waals surface area (Å²) in [5.41, 5.74) is 1.08. The lowest BCUT2D eigenvalue weighted by molar-refractivity contribution is -0.00202. The van der Waals surface area contributed by atoms with Gasteiger partial charge in [0.1, 0.15) is 5.82 Å². The minimum absolute atomic E-state index is 0.137. The van der Waals surface area contributed by atoms with Crippen molar-refractivity contribution >= 4 is 0 Å². The summed E-state index contributed by atoms with van der Waals surface area (Å²) >= 11 is 0. The third kappa shape index (κ3) is 2.81. The molecule has 0 aliphatic carbocycles. The summed E-state index contributed by atoms with van der Waals surface area (Å²) < 4.78 is 13.3. The van der Waals surface area contributed by atoms with Gasteiger partial charge in [-0.05, 0) is 31.2 Å². The van der Waals surface area contributed by atoms with Crippen LogP contribution in [0.15, 0.2) is 24.3 Å². The molecule has 19 heavy (non-hydrogen) atoms. The van der Waals surface area contributed by atoms with Crippen LogP contribution in [0.4, 0.5) is 4.39 Å². The van der Waals surface area contributed by atoms with Crippen LogP contribution in [0.3, 0.4) is 0 Å². The number of hydrogen-bond donors (Lipinski definition) is 1. The lowest BCUT2D eigenvalue weighted by atomic mass is 9.94. The molecule has 2 unspecified atom stereocenters. The van der Waals surface area contributed by atoms with Crippen molar-refractivity contribution in [3.63, 3.8) is 0 Å². The summed E-state index contributed by atoms with van der Waals surface area (Å²) in [6.45, 7) is 5.89. The van der Waals surface area contributed by atoms with Crippen LogP contribution in [0, 0.1) is 5.82 Å². The third-order valence-corrected chi connectivity index (χ3v) is 4.50. The molecule has 0 radical (unpaired) electrons. The molecule has 4 rings (SSSR count). The van der Waals surface area contributed by atoms with Crippen LogP contribution in [-0.4, -0.2) is 61.7 Å². The maximum atomic E-state index is 13.3. The highest BCUT2D eigenvalue weighted by Gasteiger charge is 2.36. The fourth-order valence-electron chi connectivity index (χ4n) is 3.39. The zero-order valence-electron chi connectivity index (χ0n) is 11.5. The Morgan fingerprint density at radius 2 is 2.11 bits per heavy atom. The maximum Gasteiger partial charge on any atom is 0.123 e. The van der Waals surface area contributed by atoms with Crippen LogP contribution in [-0.2, 0) is 6.42 Å². The molecule has 0 aromatic heterocycles. The Balaban J connectivity index is 1.70. The molecule has 4 heteroatoms. The highest BCUT2D eigenvalue weighted by atomic mass is 19.1. The highest BCUT2D eigenvalue weighted by Crippen LogP contribution is 2.20. The molecular formula is C15H22FN3. The van der Waals surface area contributed by atoms with Gasteiger partial charge in [-0.15, -0.1) is 0 Å². The Hall–Kier alpha value is -0.970. The number of halogens is 1. The van der Waals surface area contributed by atoms with E-state index in [-0.39, 0.29) is 5.82 Å². The first-order valence-corrected chi connectivity index (χ1v) is 7.14. The molecule has 2 bridgehead atoms. The quantitative estimate of drug-likeness (QED) is 0.873. The second kappa shape index (κ2) is 5.57. The Bertz CT molecular complexity index is 429. The van der Waals surface area contributed by atoms with Gasteiger partial charge < -0.3 is 5.32 Å². The van der Waals surface area contributed by atoms with Crippen molar-refractivity contribution in [3.05, 3.63) is 35.6 Å². The van der Waals surface area contributed by atoms with Gasteiger partial charge in [0.2, 0.25) is 0 Å². The Morgan fingerprint density at radius 3 is 2.68 bits per heavy atom. The Kier molecular flexibility index (Phi) is 3.82. The standard InChI is InChI=1S/C15H22FN3/c1-17-14(10-12-3-2-4-13(16)9-12)15-11-18-5-7-19(15)8-6-18/h2-4,9,14-15,17H,5-8,10-11H2,1H3. The zero-order valence-corrected chi connectivity index (χ0v) is 11.5. The molecule has 1 aromatic carbocycles. The van der Waals surface area contributed by atoms with E-state index in [0.717, 1.165) is 18.5 Å². The normalized spacial score (nSPS) is 31.4. The second-order valence-corrected chi connectivity index (χ2v) is 5.63. The van der Waals surface area contributed by atoms with Gasteiger partial charge in [-0.3, -0.25) is 9.80 Å². The Morgan fingerprint density at radius 1 is 1.32 bits per heavy atom. The van der Waals surface area contributed by atoms with E-state index in [1.54, 1.807) is 12.1 Å². The summed E-state index contributed by atoms with van der Waals surface area (Å²) in [6.07, 6.45) is 0.892. The first-order valence-electron chi connectivity index (χ1n) is 7.14. The fraction of sp³-hybridized carbons (Fsp3) is 0.600. The molecule has 1 N–H and O–H groups in total. The van der Waals surface area contributed by atoms with Gasteiger partial charge >= 0.3 is 0 Å². The molecule has 3 aliphatic rings. The molecule has 3 nitrogen and oxygen atoms in total. The minimum atomic E-state index is -0.137. The van der Waals surface area contributed by atoms with Crippen LogP contribution in [0.5, 0.6) is 0 Å². The average molecular weight is 263 g/mol. The molecule has 3 aliphatic heterocycles. The van der Waals surface area contributed by atoms with Gasteiger partial charge in [-0.25, -0.2) is 4.39 Å². The van der Waals surface area contributed by atoms with Gasteiger partial charge in [0, 0.05) is 44.8 Å². The van der Waals surface area contributed by atoms with E-state index in [2.05, 4.69) is 15.1 Å². The molecule has 3 fully saturated rings. The second-order valence-electron chi connectivity index (χ2n) is 5.63. The van der Waals surface area contributed by atoms with E-state index in [1.807, 2.05) is 13.1 Å². The summed E-state index contributed by atoms with van der Waals surface area (Å²) in [5, 5.41) is 3.43. The number of fused-ring (bicyclic) bond motifs is 3. The van der Waals surface area contributed by atoms with Crippen molar-refractivity contribution in [2.75, 3.05) is 39.8 Å². The van der Waals surface area contributed by atoms with Crippen molar-refractivity contribution in [1.82, 2.24) is 15.1 Å². The molecule has 3 saturated heterocycles. The highest BCUT2D eigenvalue weighted by molar-refractivity contribution is 5.18. The number of rotatable bonds is 4. The van der Waals surface area contributed by atoms with Crippen molar-refractivity contribution < 1.29 is 4.39 Å². The summed E-state index contributed by atoms with van der Waals surface area (Å²) in [7, 11) is 2.02. The van der Waals surface area contributed by atoms with E-state index >= 15 is 0 Å². The van der Waals surface area contributed by atoms with Crippen molar-refractivity contribution in [2.45, 2.75) is 18.5 Å². The van der Waals surface area contributed by atoms with E-state index in [4.69, 9.17) is 0 Å². The molecule has 3 heterocycles. The molecule has 2 atom stereocenters. The van der Waals surface area contributed by atoms with E-state index < -0.39 is 0 Å². The van der Waals surface area contributed by atoms with E-state index in [1.165, 1.54) is 32.2 Å². The minimum Gasteiger partial charge on any atom is -0.315 e. The van der Waals surface area contributed by atoms with Gasteiger partial charge in [0.05, 0.1) is 0 Å². The van der Waals surface area contributed by atoms with E-state index in [0.29, 0.717) is 12.1 Å². The van der Waals surface area contributed by atoms with Crippen molar-refractivity contribution in [3.8, 4) is 0 Å². The Labute approximate surface area is 114 Å². The smallest absolute Gasteiger partial charge is 0.123 e. The number of piperazine rings is 3. The van der Waals surface area contributed by atoms with Gasteiger partial charge in [0.25, 0.3) is 0 Å². The topological polar surface area (TPSA) is 18.5 Å². The van der Waals surface area contributed by atoms with Crippen LogP contribution < -0.4 is 5.32 Å². The lowest BCUT2D eigenvalue weighted by Gasteiger charge is -2.50. The van der Waals surface area contributed by atoms with Crippen molar-refractivity contribution in [1.29, 1.82) is 0 Å². The molecular weight excluding hydrogens is 241 g/mol. The number of hydrogen-bond acceptors (Lipinski definition) is 3. The summed E-state index contributed by atoms with van der Waals surface area (Å²) in [5.74, 6) is -0.137. The maximum absolute atomic E-state index is 13.3. The number of nitrogens with one attached hydrogen (secondary N) is 1. The van der Waals surface area contributed by atoms with Gasteiger partial charge in [-0.2, -0.15) is 0 Å². The monoisotopic (exact) mass is 263 g/mol. The van der Waals surface area contributed by atoms with Crippen LogP contribution >= 0.6 is 0 Å².